The number of rotatable bonds is 1. The van der Waals surface area contributed by atoms with E-state index in [2.05, 4.69) is 17.3 Å². The molecule has 2 rings (SSSR count). The van der Waals surface area contributed by atoms with Gasteiger partial charge in [0.1, 0.15) is 0 Å². The van der Waals surface area contributed by atoms with Gasteiger partial charge >= 0.3 is 0 Å². The summed E-state index contributed by atoms with van der Waals surface area (Å²) in [6, 6.07) is 0.539. The third-order valence-electron chi connectivity index (χ3n) is 2.57. The quantitative estimate of drug-likeness (QED) is 0.676. The van der Waals surface area contributed by atoms with Gasteiger partial charge in [0.15, 0.2) is 0 Å². The van der Waals surface area contributed by atoms with E-state index in [0.717, 1.165) is 6.54 Å². The van der Waals surface area contributed by atoms with Crippen molar-refractivity contribution in [1.29, 1.82) is 0 Å². The fourth-order valence-electron chi connectivity index (χ4n) is 1.98. The molecule has 66 valence electrons. The Balaban J connectivity index is 2.30. The van der Waals surface area contributed by atoms with Crippen molar-refractivity contribution in [3.63, 3.8) is 0 Å². The lowest BCUT2D eigenvalue weighted by Crippen LogP contribution is -2.17. The van der Waals surface area contributed by atoms with Crippen LogP contribution >= 0.6 is 0 Å². The van der Waals surface area contributed by atoms with E-state index >= 15 is 0 Å². The highest BCUT2D eigenvalue weighted by Crippen LogP contribution is 2.24. The molecule has 3 heteroatoms. The average molecular weight is 165 g/mol. The van der Waals surface area contributed by atoms with Gasteiger partial charge in [-0.05, 0) is 31.9 Å². The van der Waals surface area contributed by atoms with Gasteiger partial charge in [-0.15, -0.1) is 0 Å². The van der Waals surface area contributed by atoms with E-state index in [0.29, 0.717) is 6.04 Å². The molecular weight excluding hydrogens is 150 g/mol. The molecule has 1 fully saturated rings. The summed E-state index contributed by atoms with van der Waals surface area (Å²) >= 11 is 0. The third kappa shape index (κ3) is 1.14. The first kappa shape index (κ1) is 7.80. The van der Waals surface area contributed by atoms with Crippen LogP contribution < -0.4 is 5.32 Å². The molecule has 0 amide bonds. The van der Waals surface area contributed by atoms with E-state index in [-0.39, 0.29) is 0 Å². The van der Waals surface area contributed by atoms with Crippen molar-refractivity contribution in [2.75, 3.05) is 6.54 Å². The molecule has 3 nitrogen and oxygen atoms in total. The van der Waals surface area contributed by atoms with Crippen LogP contribution in [-0.2, 0) is 7.05 Å². The first-order valence-corrected chi connectivity index (χ1v) is 4.51. The lowest BCUT2D eigenvalue weighted by Gasteiger charge is -2.11. The van der Waals surface area contributed by atoms with Crippen molar-refractivity contribution in [1.82, 2.24) is 15.1 Å². The largest absolute Gasteiger partial charge is 0.309 e. The third-order valence-corrected chi connectivity index (χ3v) is 2.57. The normalized spacial score (nSPS) is 23.3. The Labute approximate surface area is 72.8 Å². The summed E-state index contributed by atoms with van der Waals surface area (Å²) in [5, 5.41) is 7.72. The summed E-state index contributed by atoms with van der Waals surface area (Å²) in [5.74, 6) is 0. The van der Waals surface area contributed by atoms with E-state index in [1.807, 2.05) is 17.9 Å². The first-order chi connectivity index (χ1) is 5.79. The molecule has 2 heterocycles. The molecule has 0 aromatic carbocycles. The summed E-state index contributed by atoms with van der Waals surface area (Å²) < 4.78 is 1.98. The van der Waals surface area contributed by atoms with Crippen LogP contribution in [0.3, 0.4) is 0 Å². The zero-order valence-corrected chi connectivity index (χ0v) is 7.67. The zero-order chi connectivity index (χ0) is 8.55. The van der Waals surface area contributed by atoms with Crippen LogP contribution in [0.2, 0.25) is 0 Å². The standard InChI is InChI=1S/C9H15N3/c1-7-6-11-12(2)9(7)8-4-3-5-10-8/h6,8,10H,3-5H2,1-2H3. The van der Waals surface area contributed by atoms with Gasteiger partial charge in [-0.3, -0.25) is 4.68 Å². The minimum atomic E-state index is 0.539. The number of nitrogens with zero attached hydrogens (tertiary/aromatic N) is 2. The van der Waals surface area contributed by atoms with E-state index in [4.69, 9.17) is 0 Å². The Kier molecular flexibility index (Phi) is 1.89. The van der Waals surface area contributed by atoms with Gasteiger partial charge in [-0.25, -0.2) is 0 Å². The maximum atomic E-state index is 4.24. The van der Waals surface area contributed by atoms with E-state index in [9.17, 15) is 0 Å². The van der Waals surface area contributed by atoms with Crippen molar-refractivity contribution in [3.8, 4) is 0 Å². The van der Waals surface area contributed by atoms with Crippen LogP contribution in [0.1, 0.15) is 30.1 Å². The van der Waals surface area contributed by atoms with Crippen molar-refractivity contribution in [3.05, 3.63) is 17.5 Å². The molecule has 1 aromatic rings. The Morgan fingerprint density at radius 3 is 3.00 bits per heavy atom. The second kappa shape index (κ2) is 2.90. The van der Waals surface area contributed by atoms with Gasteiger partial charge in [-0.2, -0.15) is 5.10 Å². The fraction of sp³-hybridized carbons (Fsp3) is 0.667. The van der Waals surface area contributed by atoms with E-state index in [1.165, 1.54) is 24.1 Å². The molecule has 0 bridgehead atoms. The van der Waals surface area contributed by atoms with Gasteiger partial charge in [-0.1, -0.05) is 0 Å². The van der Waals surface area contributed by atoms with Crippen molar-refractivity contribution in [2.24, 2.45) is 7.05 Å². The van der Waals surface area contributed by atoms with Crippen molar-refractivity contribution in [2.45, 2.75) is 25.8 Å². The monoisotopic (exact) mass is 165 g/mol. The lowest BCUT2D eigenvalue weighted by molar-refractivity contribution is 0.571. The van der Waals surface area contributed by atoms with E-state index in [1.54, 1.807) is 0 Å². The van der Waals surface area contributed by atoms with Gasteiger partial charge < -0.3 is 5.32 Å². The summed E-state index contributed by atoms with van der Waals surface area (Å²) in [6.45, 7) is 3.28. The molecule has 1 saturated heterocycles. The molecule has 0 aliphatic carbocycles. The van der Waals surface area contributed by atoms with E-state index < -0.39 is 0 Å². The zero-order valence-electron chi connectivity index (χ0n) is 7.67. The highest BCUT2D eigenvalue weighted by Gasteiger charge is 2.20. The molecule has 0 saturated carbocycles. The van der Waals surface area contributed by atoms with Gasteiger partial charge in [0.25, 0.3) is 0 Å². The molecule has 1 aromatic heterocycles. The highest BCUT2D eigenvalue weighted by molar-refractivity contribution is 5.20. The average Bonchev–Trinajstić information content (AvgIpc) is 2.61. The minimum Gasteiger partial charge on any atom is -0.309 e. The molecule has 12 heavy (non-hydrogen) atoms. The SMILES string of the molecule is Cc1cnn(C)c1C1CCCN1. The fourth-order valence-corrected chi connectivity index (χ4v) is 1.98. The summed E-state index contributed by atoms with van der Waals surface area (Å²) in [7, 11) is 2.02. The number of aromatic nitrogens is 2. The molecule has 1 atom stereocenters. The Morgan fingerprint density at radius 2 is 2.50 bits per heavy atom. The van der Waals surface area contributed by atoms with Crippen LogP contribution in [0.5, 0.6) is 0 Å². The lowest BCUT2D eigenvalue weighted by atomic mass is 10.1. The molecular formula is C9H15N3. The second-order valence-corrected chi connectivity index (χ2v) is 3.49. The molecule has 1 aliphatic rings. The Morgan fingerprint density at radius 1 is 1.67 bits per heavy atom. The minimum absolute atomic E-state index is 0.539. The van der Waals surface area contributed by atoms with Gasteiger partial charge in [0.05, 0.1) is 11.9 Å². The van der Waals surface area contributed by atoms with Crippen LogP contribution in [0.4, 0.5) is 0 Å². The maximum absolute atomic E-state index is 4.24. The number of hydrogen-bond acceptors (Lipinski definition) is 2. The topological polar surface area (TPSA) is 29.9 Å². The molecule has 1 N–H and O–H groups in total. The van der Waals surface area contributed by atoms with Crippen LogP contribution in [-0.4, -0.2) is 16.3 Å². The summed E-state index contributed by atoms with van der Waals surface area (Å²) in [5.41, 5.74) is 2.66. The smallest absolute Gasteiger partial charge is 0.0579 e. The van der Waals surface area contributed by atoms with Gasteiger partial charge in [0, 0.05) is 13.1 Å². The number of aryl methyl sites for hydroxylation is 2. The van der Waals surface area contributed by atoms with Crippen LogP contribution in [0, 0.1) is 6.92 Å². The molecule has 1 unspecified atom stereocenters. The van der Waals surface area contributed by atoms with Crippen LogP contribution in [0.25, 0.3) is 0 Å². The first-order valence-electron chi connectivity index (χ1n) is 4.51. The Hall–Kier alpha value is -0.830. The predicted octanol–water partition coefficient (Wildman–Crippen LogP) is 1.15. The van der Waals surface area contributed by atoms with Gasteiger partial charge in [0.2, 0.25) is 0 Å². The number of hydrogen-bond donors (Lipinski definition) is 1. The summed E-state index contributed by atoms with van der Waals surface area (Å²) in [4.78, 5) is 0. The van der Waals surface area contributed by atoms with Crippen molar-refractivity contribution < 1.29 is 0 Å². The molecule has 1 aliphatic heterocycles. The summed E-state index contributed by atoms with van der Waals surface area (Å²) in [6.07, 6.45) is 4.48. The Bertz CT molecular complexity index is 252. The second-order valence-electron chi connectivity index (χ2n) is 3.49. The van der Waals surface area contributed by atoms with Crippen LogP contribution in [0.15, 0.2) is 6.20 Å². The molecule has 0 spiro atoms. The predicted molar refractivity (Wildman–Crippen MR) is 47.9 cm³/mol. The van der Waals surface area contributed by atoms with Crippen molar-refractivity contribution >= 4 is 0 Å². The maximum Gasteiger partial charge on any atom is 0.0579 e. The highest BCUT2D eigenvalue weighted by atomic mass is 15.3. The molecule has 0 radical (unpaired) electrons. The number of nitrogens with one attached hydrogen (secondary N) is 1.